The number of carbonyl (C=O) groups is 1. The summed E-state index contributed by atoms with van der Waals surface area (Å²) in [5.74, 6) is 0.782. The van der Waals surface area contributed by atoms with E-state index >= 15 is 0 Å². The van der Waals surface area contributed by atoms with Crippen LogP contribution in [0, 0.1) is 11.3 Å². The zero-order valence-corrected chi connectivity index (χ0v) is 13.3. The average molecular weight is 329 g/mol. The Hall–Kier alpha value is -3.65. The van der Waals surface area contributed by atoms with Crippen LogP contribution >= 0.6 is 0 Å². The van der Waals surface area contributed by atoms with Gasteiger partial charge in [0.15, 0.2) is 0 Å². The van der Waals surface area contributed by atoms with Crippen LogP contribution in [-0.4, -0.2) is 10.9 Å². The second-order valence-corrected chi connectivity index (χ2v) is 5.25. The minimum absolute atomic E-state index is 0.259. The molecule has 0 aliphatic rings. The lowest BCUT2D eigenvalue weighted by molar-refractivity contribution is 0.102. The molecule has 2 aromatic carbocycles. The number of rotatable bonds is 5. The van der Waals surface area contributed by atoms with E-state index in [0.29, 0.717) is 22.7 Å². The van der Waals surface area contributed by atoms with E-state index in [9.17, 15) is 4.79 Å². The van der Waals surface area contributed by atoms with Crippen molar-refractivity contribution in [3.05, 3.63) is 89.6 Å². The summed E-state index contributed by atoms with van der Waals surface area (Å²) in [5.41, 5.74) is 1.84. The summed E-state index contributed by atoms with van der Waals surface area (Å²) in [5, 5.41) is 11.8. The second kappa shape index (κ2) is 7.75. The van der Waals surface area contributed by atoms with Crippen molar-refractivity contribution >= 4 is 11.7 Å². The molecular weight excluding hydrogens is 314 g/mol. The van der Waals surface area contributed by atoms with Gasteiger partial charge in [-0.3, -0.25) is 4.79 Å². The highest BCUT2D eigenvalue weighted by Crippen LogP contribution is 2.17. The van der Waals surface area contributed by atoms with Crippen molar-refractivity contribution in [3.8, 4) is 11.8 Å². The van der Waals surface area contributed by atoms with Gasteiger partial charge in [0, 0.05) is 17.3 Å². The maximum atomic E-state index is 12.3. The third-order valence-corrected chi connectivity index (χ3v) is 3.53. The number of carbonyl (C=O) groups excluding carboxylic acids is 1. The summed E-state index contributed by atoms with van der Waals surface area (Å²) < 4.78 is 5.73. The zero-order chi connectivity index (χ0) is 17.5. The van der Waals surface area contributed by atoms with Crippen molar-refractivity contribution in [1.82, 2.24) is 4.98 Å². The van der Waals surface area contributed by atoms with Gasteiger partial charge in [0.1, 0.15) is 18.2 Å². The van der Waals surface area contributed by atoms with E-state index in [1.165, 1.54) is 0 Å². The van der Waals surface area contributed by atoms with Gasteiger partial charge >= 0.3 is 0 Å². The average Bonchev–Trinajstić information content (AvgIpc) is 2.67. The maximum Gasteiger partial charge on any atom is 0.256 e. The Morgan fingerprint density at radius 2 is 1.92 bits per heavy atom. The first kappa shape index (κ1) is 16.2. The van der Waals surface area contributed by atoms with Gasteiger partial charge in [0.2, 0.25) is 0 Å². The standard InChI is InChI=1S/C20H15N3O2/c21-13-16-6-1-2-7-17(16)14-25-18-9-5-8-15(12-18)20(24)23-19-10-3-4-11-22-19/h1-12H,14H2,(H,22,23,24). The number of ether oxygens (including phenoxy) is 1. The highest BCUT2D eigenvalue weighted by Gasteiger charge is 2.08. The van der Waals surface area contributed by atoms with Crippen LogP contribution in [0.5, 0.6) is 5.75 Å². The van der Waals surface area contributed by atoms with Gasteiger partial charge in [-0.2, -0.15) is 5.26 Å². The van der Waals surface area contributed by atoms with Crippen LogP contribution < -0.4 is 10.1 Å². The third-order valence-electron chi connectivity index (χ3n) is 3.53. The summed E-state index contributed by atoms with van der Waals surface area (Å²) in [6, 6.07) is 21.6. The van der Waals surface area contributed by atoms with E-state index < -0.39 is 0 Å². The van der Waals surface area contributed by atoms with Crippen LogP contribution in [0.25, 0.3) is 0 Å². The lowest BCUT2D eigenvalue weighted by atomic mass is 10.1. The fourth-order valence-electron chi connectivity index (χ4n) is 2.27. The summed E-state index contributed by atoms with van der Waals surface area (Å²) >= 11 is 0. The van der Waals surface area contributed by atoms with E-state index in [1.807, 2.05) is 18.2 Å². The van der Waals surface area contributed by atoms with Crippen molar-refractivity contribution < 1.29 is 9.53 Å². The Bertz CT molecular complexity index is 917. The number of pyridine rings is 1. The fourth-order valence-corrected chi connectivity index (χ4v) is 2.27. The molecule has 1 aromatic heterocycles. The minimum atomic E-state index is -0.262. The van der Waals surface area contributed by atoms with Crippen LogP contribution in [0.15, 0.2) is 72.9 Å². The van der Waals surface area contributed by atoms with E-state index in [4.69, 9.17) is 10.00 Å². The van der Waals surface area contributed by atoms with Gasteiger partial charge < -0.3 is 10.1 Å². The van der Waals surface area contributed by atoms with E-state index in [0.717, 1.165) is 5.56 Å². The molecule has 3 aromatic rings. The van der Waals surface area contributed by atoms with Gasteiger partial charge in [-0.25, -0.2) is 4.98 Å². The summed E-state index contributed by atoms with van der Waals surface area (Å²) in [6.07, 6.45) is 1.61. The van der Waals surface area contributed by atoms with Crippen molar-refractivity contribution in [3.63, 3.8) is 0 Å². The van der Waals surface area contributed by atoms with Gasteiger partial charge in [0.25, 0.3) is 5.91 Å². The predicted octanol–water partition coefficient (Wildman–Crippen LogP) is 3.78. The summed E-state index contributed by atoms with van der Waals surface area (Å²) in [4.78, 5) is 16.4. The Balaban J connectivity index is 1.69. The smallest absolute Gasteiger partial charge is 0.256 e. The summed E-state index contributed by atoms with van der Waals surface area (Å²) in [7, 11) is 0. The molecular formula is C20H15N3O2. The molecule has 0 saturated heterocycles. The second-order valence-electron chi connectivity index (χ2n) is 5.25. The number of benzene rings is 2. The van der Waals surface area contributed by atoms with Crippen LogP contribution in [0.1, 0.15) is 21.5 Å². The largest absolute Gasteiger partial charge is 0.489 e. The number of anilines is 1. The van der Waals surface area contributed by atoms with Crippen LogP contribution in [0.3, 0.4) is 0 Å². The van der Waals surface area contributed by atoms with E-state index in [1.54, 1.807) is 54.7 Å². The minimum Gasteiger partial charge on any atom is -0.489 e. The van der Waals surface area contributed by atoms with Gasteiger partial charge in [-0.15, -0.1) is 0 Å². The Morgan fingerprint density at radius 3 is 2.72 bits per heavy atom. The number of hydrogen-bond donors (Lipinski definition) is 1. The molecule has 1 amide bonds. The molecule has 0 aliphatic carbocycles. The molecule has 0 atom stereocenters. The third kappa shape index (κ3) is 4.21. The number of nitriles is 1. The lowest BCUT2D eigenvalue weighted by Crippen LogP contribution is -2.12. The molecule has 3 rings (SSSR count). The normalized spacial score (nSPS) is 9.88. The number of hydrogen-bond acceptors (Lipinski definition) is 4. The summed E-state index contributed by atoms with van der Waals surface area (Å²) in [6.45, 7) is 0.259. The predicted molar refractivity (Wildman–Crippen MR) is 94.1 cm³/mol. The first-order valence-electron chi connectivity index (χ1n) is 7.69. The van der Waals surface area contributed by atoms with Crippen molar-refractivity contribution in [2.45, 2.75) is 6.61 Å². The first-order chi connectivity index (χ1) is 12.3. The van der Waals surface area contributed by atoms with Gasteiger partial charge in [-0.1, -0.05) is 30.3 Å². The molecule has 1 N–H and O–H groups in total. The first-order valence-corrected chi connectivity index (χ1v) is 7.69. The van der Waals surface area contributed by atoms with Crippen molar-refractivity contribution in [2.24, 2.45) is 0 Å². The Kier molecular flexibility index (Phi) is 5.03. The molecule has 5 nitrogen and oxygen atoms in total. The molecule has 5 heteroatoms. The van der Waals surface area contributed by atoms with Crippen molar-refractivity contribution in [1.29, 1.82) is 5.26 Å². The molecule has 0 saturated carbocycles. The van der Waals surface area contributed by atoms with E-state index in [-0.39, 0.29) is 12.5 Å². The monoisotopic (exact) mass is 329 g/mol. The topological polar surface area (TPSA) is 75.0 Å². The fraction of sp³-hybridized carbons (Fsp3) is 0.0500. The molecule has 0 spiro atoms. The number of nitrogens with one attached hydrogen (secondary N) is 1. The quantitative estimate of drug-likeness (QED) is 0.773. The highest BCUT2D eigenvalue weighted by atomic mass is 16.5. The van der Waals surface area contributed by atoms with Gasteiger partial charge in [0.05, 0.1) is 11.6 Å². The number of nitrogens with zero attached hydrogens (tertiary/aromatic N) is 2. The molecule has 0 unspecified atom stereocenters. The zero-order valence-electron chi connectivity index (χ0n) is 13.3. The molecule has 0 radical (unpaired) electrons. The van der Waals surface area contributed by atoms with Crippen LogP contribution in [-0.2, 0) is 6.61 Å². The van der Waals surface area contributed by atoms with Gasteiger partial charge in [-0.05, 0) is 36.4 Å². The molecule has 0 aliphatic heterocycles. The maximum absolute atomic E-state index is 12.3. The Labute approximate surface area is 145 Å². The highest BCUT2D eigenvalue weighted by molar-refractivity contribution is 6.03. The lowest BCUT2D eigenvalue weighted by Gasteiger charge is -2.09. The molecule has 0 fully saturated rings. The molecule has 1 heterocycles. The SMILES string of the molecule is N#Cc1ccccc1COc1cccc(C(=O)Nc2ccccn2)c1. The van der Waals surface area contributed by atoms with Crippen LogP contribution in [0.4, 0.5) is 5.82 Å². The molecule has 122 valence electrons. The number of aromatic nitrogens is 1. The molecule has 25 heavy (non-hydrogen) atoms. The van der Waals surface area contributed by atoms with Crippen LogP contribution in [0.2, 0.25) is 0 Å². The Morgan fingerprint density at radius 1 is 1.08 bits per heavy atom. The van der Waals surface area contributed by atoms with Crippen molar-refractivity contribution in [2.75, 3.05) is 5.32 Å². The molecule has 0 bridgehead atoms. The van der Waals surface area contributed by atoms with E-state index in [2.05, 4.69) is 16.4 Å². The number of amides is 1.